The van der Waals surface area contributed by atoms with Gasteiger partial charge in [0.2, 0.25) is 5.91 Å². The quantitative estimate of drug-likeness (QED) is 0.410. The lowest BCUT2D eigenvalue weighted by atomic mass is 9.85. The second-order valence-electron chi connectivity index (χ2n) is 10.1. The number of ether oxygens (including phenoxy) is 2. The van der Waals surface area contributed by atoms with E-state index in [1.54, 1.807) is 18.0 Å². The monoisotopic (exact) mass is 509 g/mol. The van der Waals surface area contributed by atoms with Gasteiger partial charge in [-0.25, -0.2) is 9.78 Å². The van der Waals surface area contributed by atoms with Crippen molar-refractivity contribution in [2.24, 2.45) is 5.92 Å². The van der Waals surface area contributed by atoms with E-state index < -0.39 is 11.5 Å². The lowest BCUT2D eigenvalue weighted by Gasteiger charge is -2.35. The number of halogens is 1. The molecular weight excluding hydrogens is 474 g/mol. The summed E-state index contributed by atoms with van der Waals surface area (Å²) in [5, 5.41) is 3.61. The molecule has 1 aromatic heterocycles. The Bertz CT molecular complexity index is 908. The minimum atomic E-state index is -0.555. The van der Waals surface area contributed by atoms with Gasteiger partial charge in [-0.3, -0.25) is 20.4 Å². The van der Waals surface area contributed by atoms with E-state index in [0.29, 0.717) is 50.1 Å². The van der Waals surface area contributed by atoms with Gasteiger partial charge in [0.1, 0.15) is 10.8 Å². The molecule has 0 bridgehead atoms. The van der Waals surface area contributed by atoms with Crippen molar-refractivity contribution in [2.45, 2.75) is 77.0 Å². The largest absolute Gasteiger partial charge is 0.444 e. The van der Waals surface area contributed by atoms with Crippen molar-refractivity contribution in [3.63, 3.8) is 0 Å². The number of carbonyl (C=O) groups excluding carboxylic acids is 3. The molecule has 0 radical (unpaired) electrons. The van der Waals surface area contributed by atoms with Crippen LogP contribution >= 0.6 is 11.6 Å². The fourth-order valence-corrected chi connectivity index (χ4v) is 4.45. The molecule has 2 fully saturated rings. The number of aromatic nitrogens is 1. The van der Waals surface area contributed by atoms with Crippen LogP contribution < -0.4 is 16.2 Å². The summed E-state index contributed by atoms with van der Waals surface area (Å²) in [5.74, 6) is -0.977. The highest BCUT2D eigenvalue weighted by Gasteiger charge is 2.32. The summed E-state index contributed by atoms with van der Waals surface area (Å²) < 4.78 is 10.8. The number of pyridine rings is 1. The maximum atomic E-state index is 12.8. The molecule has 1 aromatic rings. The molecular formula is C24H36ClN5O5. The van der Waals surface area contributed by atoms with Crippen LogP contribution in [0.15, 0.2) is 12.3 Å². The number of nitrogens with one attached hydrogen (secondary N) is 3. The van der Waals surface area contributed by atoms with E-state index in [2.05, 4.69) is 21.2 Å². The van der Waals surface area contributed by atoms with E-state index in [-0.39, 0.29) is 35.2 Å². The zero-order valence-corrected chi connectivity index (χ0v) is 21.6. The van der Waals surface area contributed by atoms with Crippen molar-refractivity contribution in [3.8, 4) is 0 Å². The van der Waals surface area contributed by atoms with Crippen molar-refractivity contribution >= 4 is 35.2 Å². The van der Waals surface area contributed by atoms with Gasteiger partial charge in [0.15, 0.2) is 0 Å². The van der Waals surface area contributed by atoms with Gasteiger partial charge >= 0.3 is 6.09 Å². The van der Waals surface area contributed by atoms with E-state index in [0.717, 1.165) is 12.8 Å². The summed E-state index contributed by atoms with van der Waals surface area (Å²) in [5.41, 5.74) is 5.35. The first-order valence-electron chi connectivity index (χ1n) is 12.1. The number of hydrogen-bond donors (Lipinski definition) is 3. The summed E-state index contributed by atoms with van der Waals surface area (Å²) in [6.45, 7) is 6.81. The zero-order valence-electron chi connectivity index (χ0n) is 20.9. The standard InChI is InChI=1S/C24H36ClN5O5/c1-24(2,3)35-23(33)30(4)17-7-5-15(6-8-17)21(31)28-29-22(32)18-14-26-20(25)13-19(18)27-16-9-11-34-12-10-16/h13-17H,5-12H2,1-4H3,(H,26,27)(H,28,31)(H,29,32)/t15-,17-. The second kappa shape index (κ2) is 11.9. The molecule has 1 saturated heterocycles. The third kappa shape index (κ3) is 7.96. The Morgan fingerprint density at radius 2 is 1.74 bits per heavy atom. The van der Waals surface area contributed by atoms with Gasteiger partial charge in [0, 0.05) is 44.5 Å². The van der Waals surface area contributed by atoms with Crippen LogP contribution in [0.25, 0.3) is 0 Å². The Labute approximate surface area is 211 Å². The van der Waals surface area contributed by atoms with Gasteiger partial charge in [0.25, 0.3) is 5.91 Å². The van der Waals surface area contributed by atoms with E-state index >= 15 is 0 Å². The van der Waals surface area contributed by atoms with Gasteiger partial charge < -0.3 is 19.7 Å². The highest BCUT2D eigenvalue weighted by molar-refractivity contribution is 6.29. The average molecular weight is 510 g/mol. The van der Waals surface area contributed by atoms with Crippen LogP contribution in [0.4, 0.5) is 10.5 Å². The van der Waals surface area contributed by atoms with Crippen LogP contribution in [0.5, 0.6) is 0 Å². The molecule has 0 spiro atoms. The summed E-state index contributed by atoms with van der Waals surface area (Å²) in [7, 11) is 1.73. The van der Waals surface area contributed by atoms with Crippen LogP contribution in [-0.2, 0) is 14.3 Å². The summed E-state index contributed by atoms with van der Waals surface area (Å²) >= 11 is 6.04. The molecule has 3 N–H and O–H groups in total. The molecule has 2 aliphatic rings. The molecule has 11 heteroatoms. The molecule has 0 unspecified atom stereocenters. The molecule has 0 atom stereocenters. The number of anilines is 1. The first-order valence-corrected chi connectivity index (χ1v) is 12.5. The van der Waals surface area contributed by atoms with E-state index in [1.807, 2.05) is 20.8 Å². The molecule has 3 rings (SSSR count). The molecule has 1 aliphatic heterocycles. The Hall–Kier alpha value is -2.59. The van der Waals surface area contributed by atoms with Gasteiger partial charge in [-0.1, -0.05) is 11.6 Å². The molecule has 2 heterocycles. The molecule has 35 heavy (non-hydrogen) atoms. The van der Waals surface area contributed by atoms with Crippen LogP contribution in [-0.4, -0.2) is 65.7 Å². The van der Waals surface area contributed by atoms with Crippen LogP contribution in [0.2, 0.25) is 5.15 Å². The maximum Gasteiger partial charge on any atom is 0.410 e. The highest BCUT2D eigenvalue weighted by Crippen LogP contribution is 2.28. The Balaban J connectivity index is 1.49. The van der Waals surface area contributed by atoms with Crippen molar-refractivity contribution in [2.75, 3.05) is 25.6 Å². The highest BCUT2D eigenvalue weighted by atomic mass is 35.5. The first kappa shape index (κ1) is 27.0. The second-order valence-corrected chi connectivity index (χ2v) is 10.5. The SMILES string of the molecule is CN(C(=O)OC(C)(C)C)[C@H]1CC[C@H](C(=O)NNC(=O)c2cnc(Cl)cc2NC2CCOCC2)CC1. The van der Waals surface area contributed by atoms with Gasteiger partial charge in [-0.15, -0.1) is 0 Å². The fourth-order valence-electron chi connectivity index (χ4n) is 4.29. The van der Waals surface area contributed by atoms with Crippen LogP contribution in [0, 0.1) is 5.92 Å². The van der Waals surface area contributed by atoms with Crippen molar-refractivity contribution in [3.05, 3.63) is 23.0 Å². The molecule has 3 amide bonds. The maximum absolute atomic E-state index is 12.8. The molecule has 1 aliphatic carbocycles. The Morgan fingerprint density at radius 3 is 2.37 bits per heavy atom. The van der Waals surface area contributed by atoms with Crippen molar-refractivity contribution < 1.29 is 23.9 Å². The van der Waals surface area contributed by atoms with Gasteiger partial charge in [-0.2, -0.15) is 0 Å². The first-order chi connectivity index (χ1) is 16.5. The van der Waals surface area contributed by atoms with Crippen LogP contribution in [0.1, 0.15) is 69.7 Å². The normalized spacial score (nSPS) is 21.1. The summed E-state index contributed by atoms with van der Waals surface area (Å²) in [6, 6.07) is 1.79. The molecule has 10 nitrogen and oxygen atoms in total. The number of amides is 3. The number of rotatable bonds is 5. The van der Waals surface area contributed by atoms with E-state index in [9.17, 15) is 14.4 Å². The molecule has 1 saturated carbocycles. The third-order valence-corrected chi connectivity index (χ3v) is 6.50. The smallest absolute Gasteiger partial charge is 0.410 e. The molecule has 0 aromatic carbocycles. The minimum absolute atomic E-state index is 0.0162. The topological polar surface area (TPSA) is 122 Å². The predicted octanol–water partition coefficient (Wildman–Crippen LogP) is 3.51. The summed E-state index contributed by atoms with van der Waals surface area (Å²) in [4.78, 5) is 43.4. The average Bonchev–Trinajstić information content (AvgIpc) is 2.81. The summed E-state index contributed by atoms with van der Waals surface area (Å²) in [6.07, 6.45) is 5.26. The lowest BCUT2D eigenvalue weighted by Crippen LogP contribution is -2.47. The molecule has 194 valence electrons. The minimum Gasteiger partial charge on any atom is -0.444 e. The van der Waals surface area contributed by atoms with E-state index in [4.69, 9.17) is 21.1 Å². The number of hydrazine groups is 1. The predicted molar refractivity (Wildman–Crippen MR) is 132 cm³/mol. The number of hydrogen-bond acceptors (Lipinski definition) is 7. The zero-order chi connectivity index (χ0) is 25.6. The number of carbonyl (C=O) groups is 3. The Kier molecular flexibility index (Phi) is 9.18. The van der Waals surface area contributed by atoms with Crippen molar-refractivity contribution in [1.82, 2.24) is 20.7 Å². The van der Waals surface area contributed by atoms with Gasteiger partial charge in [-0.05, 0) is 65.4 Å². The lowest BCUT2D eigenvalue weighted by molar-refractivity contribution is -0.127. The number of nitrogens with zero attached hydrogens (tertiary/aromatic N) is 2. The Morgan fingerprint density at radius 1 is 1.09 bits per heavy atom. The fraction of sp³-hybridized carbons (Fsp3) is 0.667. The van der Waals surface area contributed by atoms with Crippen molar-refractivity contribution in [1.29, 1.82) is 0 Å². The third-order valence-electron chi connectivity index (χ3n) is 6.29. The van der Waals surface area contributed by atoms with Gasteiger partial charge in [0.05, 0.1) is 11.3 Å². The van der Waals surface area contributed by atoms with E-state index in [1.165, 1.54) is 6.20 Å². The van der Waals surface area contributed by atoms with Crippen LogP contribution in [0.3, 0.4) is 0 Å².